The molecule has 2 N–H and O–H groups in total. The average Bonchev–Trinajstić information content (AvgIpc) is 3.38. The highest BCUT2D eigenvalue weighted by atomic mass is 19.4. The van der Waals surface area contributed by atoms with E-state index in [4.69, 9.17) is 4.74 Å². The van der Waals surface area contributed by atoms with Crippen molar-refractivity contribution in [2.45, 2.75) is 43.8 Å². The standard InChI is InChI=1S/C17H19F3N6O/c1-26-15-13(12(25-26)8-2-3-8)23-16-21-6-10(17(18,19)20)14(24-16)22-11-5-4-9(11)7-27-15/h6,8-9,11H,2-5,7H2,1H3,(H2,21,22,23,24). The number of aryl methyl sites for hydroxylation is 1. The minimum atomic E-state index is -4.52. The molecule has 3 aliphatic rings. The predicted molar refractivity (Wildman–Crippen MR) is 91.1 cm³/mol. The van der Waals surface area contributed by atoms with Crippen LogP contribution in [0.1, 0.15) is 42.9 Å². The van der Waals surface area contributed by atoms with Crippen molar-refractivity contribution in [1.82, 2.24) is 19.7 Å². The van der Waals surface area contributed by atoms with Crippen molar-refractivity contribution in [3.05, 3.63) is 17.5 Å². The van der Waals surface area contributed by atoms with Gasteiger partial charge in [-0.15, -0.1) is 0 Å². The van der Waals surface area contributed by atoms with Crippen LogP contribution in [0.25, 0.3) is 0 Å². The number of anilines is 3. The maximum absolute atomic E-state index is 13.4. The first-order valence-electron chi connectivity index (χ1n) is 9.07. The van der Waals surface area contributed by atoms with Gasteiger partial charge < -0.3 is 15.4 Å². The molecule has 2 unspecified atom stereocenters. The Morgan fingerprint density at radius 3 is 2.70 bits per heavy atom. The molecule has 1 aliphatic heterocycles. The van der Waals surface area contributed by atoms with E-state index in [1.165, 1.54) is 0 Å². The monoisotopic (exact) mass is 380 g/mol. The first-order valence-corrected chi connectivity index (χ1v) is 9.07. The number of hydrogen-bond acceptors (Lipinski definition) is 6. The number of ether oxygens (including phenoxy) is 1. The minimum absolute atomic E-state index is 0.100. The van der Waals surface area contributed by atoms with Gasteiger partial charge >= 0.3 is 6.18 Å². The van der Waals surface area contributed by atoms with Crippen LogP contribution in [0.15, 0.2) is 6.20 Å². The van der Waals surface area contributed by atoms with Gasteiger partial charge in [0.25, 0.3) is 0 Å². The second-order valence-corrected chi connectivity index (χ2v) is 7.44. The Bertz CT molecular complexity index is 892. The van der Waals surface area contributed by atoms with Crippen molar-refractivity contribution < 1.29 is 17.9 Å². The molecule has 2 aromatic rings. The molecule has 2 bridgehead atoms. The van der Waals surface area contributed by atoms with Gasteiger partial charge in [0.1, 0.15) is 17.1 Å². The van der Waals surface area contributed by atoms with E-state index in [1.54, 1.807) is 4.68 Å². The number of rotatable bonds is 1. The van der Waals surface area contributed by atoms with Crippen molar-refractivity contribution in [2.24, 2.45) is 13.0 Å². The fraction of sp³-hybridized carbons (Fsp3) is 0.588. The summed E-state index contributed by atoms with van der Waals surface area (Å²) in [5, 5.41) is 10.6. The smallest absolute Gasteiger partial charge is 0.421 e. The number of aromatic nitrogens is 4. The summed E-state index contributed by atoms with van der Waals surface area (Å²) in [5.74, 6) is 0.951. The first kappa shape index (κ1) is 16.6. The minimum Gasteiger partial charge on any atom is -0.476 e. The Labute approximate surface area is 153 Å². The maximum atomic E-state index is 13.4. The number of fused-ring (bicyclic) bond motifs is 4. The van der Waals surface area contributed by atoms with Crippen LogP contribution < -0.4 is 15.4 Å². The van der Waals surface area contributed by atoms with Gasteiger partial charge in [-0.2, -0.15) is 23.3 Å². The van der Waals surface area contributed by atoms with E-state index >= 15 is 0 Å². The van der Waals surface area contributed by atoms with Crippen molar-refractivity contribution >= 4 is 17.5 Å². The summed E-state index contributed by atoms with van der Waals surface area (Å²) in [7, 11) is 1.81. The molecule has 3 heterocycles. The van der Waals surface area contributed by atoms with E-state index in [9.17, 15) is 13.2 Å². The van der Waals surface area contributed by atoms with Gasteiger partial charge in [-0.1, -0.05) is 0 Å². The normalized spacial score (nSPS) is 24.3. The molecule has 0 saturated heterocycles. The molecule has 0 amide bonds. The van der Waals surface area contributed by atoms with Crippen molar-refractivity contribution in [3.8, 4) is 5.88 Å². The third-order valence-corrected chi connectivity index (χ3v) is 5.49. The molecular weight excluding hydrogens is 361 g/mol. The molecule has 144 valence electrons. The summed E-state index contributed by atoms with van der Waals surface area (Å²) in [6, 6.07) is -0.105. The number of halogens is 3. The largest absolute Gasteiger partial charge is 0.476 e. The molecule has 2 saturated carbocycles. The summed E-state index contributed by atoms with van der Waals surface area (Å²) in [4.78, 5) is 8.04. The lowest BCUT2D eigenvalue weighted by molar-refractivity contribution is -0.137. The molecule has 5 rings (SSSR count). The van der Waals surface area contributed by atoms with Crippen molar-refractivity contribution in [1.29, 1.82) is 0 Å². The van der Waals surface area contributed by atoms with Crippen LogP contribution in [0.5, 0.6) is 5.88 Å². The van der Waals surface area contributed by atoms with Gasteiger partial charge in [0.2, 0.25) is 11.8 Å². The highest BCUT2D eigenvalue weighted by Gasteiger charge is 2.40. The van der Waals surface area contributed by atoms with Crippen LogP contribution >= 0.6 is 0 Å². The SMILES string of the molecule is Cn1nc(C2CC2)c2c1OCC1CCC1Nc1nc(ncc1C(F)(F)F)N2. The molecule has 2 aliphatic carbocycles. The van der Waals surface area contributed by atoms with Crippen LogP contribution in [0.3, 0.4) is 0 Å². The van der Waals surface area contributed by atoms with Crippen LogP contribution in [-0.4, -0.2) is 32.4 Å². The van der Waals surface area contributed by atoms with Gasteiger partial charge in [-0.05, 0) is 25.7 Å². The van der Waals surface area contributed by atoms with Gasteiger partial charge in [-0.3, -0.25) is 0 Å². The summed E-state index contributed by atoms with van der Waals surface area (Å²) < 4.78 is 47.8. The zero-order valence-electron chi connectivity index (χ0n) is 14.7. The van der Waals surface area contributed by atoms with Gasteiger partial charge in [0.05, 0.1) is 12.3 Å². The summed E-state index contributed by atoms with van der Waals surface area (Å²) in [6.07, 6.45) is 0.0655. The molecule has 27 heavy (non-hydrogen) atoms. The fourth-order valence-electron chi connectivity index (χ4n) is 3.65. The Morgan fingerprint density at radius 1 is 1.22 bits per heavy atom. The van der Waals surface area contributed by atoms with Gasteiger partial charge in [0, 0.05) is 31.1 Å². The van der Waals surface area contributed by atoms with Crippen LogP contribution in [0.4, 0.5) is 30.6 Å². The van der Waals surface area contributed by atoms with Crippen LogP contribution in [-0.2, 0) is 13.2 Å². The summed E-state index contributed by atoms with van der Waals surface area (Å²) >= 11 is 0. The topological polar surface area (TPSA) is 76.9 Å². The van der Waals surface area contributed by atoms with Crippen LogP contribution in [0.2, 0.25) is 0 Å². The van der Waals surface area contributed by atoms with E-state index in [0.717, 1.165) is 37.6 Å². The van der Waals surface area contributed by atoms with E-state index in [0.29, 0.717) is 24.1 Å². The Kier molecular flexibility index (Phi) is 3.54. The second-order valence-electron chi connectivity index (χ2n) is 7.44. The Morgan fingerprint density at radius 2 is 2.04 bits per heavy atom. The molecule has 10 heteroatoms. The van der Waals surface area contributed by atoms with E-state index in [-0.39, 0.29) is 23.7 Å². The highest BCUT2D eigenvalue weighted by molar-refractivity contribution is 5.66. The second kappa shape index (κ2) is 5.74. The lowest BCUT2D eigenvalue weighted by Gasteiger charge is -2.37. The highest BCUT2D eigenvalue weighted by Crippen LogP contribution is 2.47. The molecule has 2 fully saturated rings. The number of nitrogens with zero attached hydrogens (tertiary/aromatic N) is 4. The van der Waals surface area contributed by atoms with Gasteiger partial charge in [0.15, 0.2) is 0 Å². The molecule has 2 aromatic heterocycles. The third-order valence-electron chi connectivity index (χ3n) is 5.49. The lowest BCUT2D eigenvalue weighted by Crippen LogP contribution is -2.42. The number of hydrogen-bond donors (Lipinski definition) is 2. The third kappa shape index (κ3) is 2.87. The molecule has 2 atom stereocenters. The number of alkyl halides is 3. The summed E-state index contributed by atoms with van der Waals surface area (Å²) in [5.41, 5.74) is 0.658. The van der Waals surface area contributed by atoms with E-state index < -0.39 is 11.7 Å². The zero-order valence-corrected chi connectivity index (χ0v) is 14.7. The quantitative estimate of drug-likeness (QED) is 0.789. The lowest BCUT2D eigenvalue weighted by atomic mass is 9.80. The van der Waals surface area contributed by atoms with E-state index in [2.05, 4.69) is 25.7 Å². The van der Waals surface area contributed by atoms with E-state index in [1.807, 2.05) is 7.05 Å². The zero-order chi connectivity index (χ0) is 18.8. The summed E-state index contributed by atoms with van der Waals surface area (Å²) in [6.45, 7) is 0.417. The van der Waals surface area contributed by atoms with Crippen LogP contribution in [0, 0.1) is 5.92 Å². The Hall–Kier alpha value is -2.52. The molecule has 0 spiro atoms. The molecule has 7 nitrogen and oxygen atoms in total. The Balaban J connectivity index is 1.61. The average molecular weight is 380 g/mol. The van der Waals surface area contributed by atoms with Crippen molar-refractivity contribution in [3.63, 3.8) is 0 Å². The maximum Gasteiger partial charge on any atom is 0.421 e. The molecule has 0 aromatic carbocycles. The predicted octanol–water partition coefficient (Wildman–Crippen LogP) is 3.43. The first-order chi connectivity index (χ1) is 12.9. The molecule has 0 radical (unpaired) electrons. The fourth-order valence-corrected chi connectivity index (χ4v) is 3.65. The number of nitrogens with one attached hydrogen (secondary N) is 2. The van der Waals surface area contributed by atoms with Gasteiger partial charge in [-0.25, -0.2) is 9.67 Å². The van der Waals surface area contributed by atoms with Crippen molar-refractivity contribution in [2.75, 3.05) is 17.2 Å². The molecular formula is C17H19F3N6O.